The molecule has 4 aromatic rings. The molecule has 0 unspecified atom stereocenters. The molecule has 2 aliphatic rings. The van der Waals surface area contributed by atoms with E-state index in [1.807, 2.05) is 24.8 Å². The number of aryl methyl sites for hydroxylation is 2. The third-order valence-electron chi connectivity index (χ3n) is 8.00. The van der Waals surface area contributed by atoms with Crippen LogP contribution in [-0.4, -0.2) is 31.8 Å². The van der Waals surface area contributed by atoms with Crippen LogP contribution in [-0.2, 0) is 4.79 Å². The average Bonchev–Trinajstić information content (AvgIpc) is 3.45. The van der Waals surface area contributed by atoms with Crippen LogP contribution in [0.4, 0.5) is 5.69 Å². The zero-order valence-electron chi connectivity index (χ0n) is 21.5. The fraction of sp³-hybridized carbons (Fsp3) is 0.414. The van der Waals surface area contributed by atoms with Crippen LogP contribution >= 0.6 is 23.2 Å². The Labute approximate surface area is 231 Å². The predicted octanol–water partition coefficient (Wildman–Crippen LogP) is 7.35. The van der Waals surface area contributed by atoms with E-state index in [9.17, 15) is 9.90 Å². The van der Waals surface area contributed by atoms with Gasteiger partial charge in [-0.1, -0.05) is 34.4 Å². The van der Waals surface area contributed by atoms with E-state index in [1.165, 1.54) is 0 Å². The van der Waals surface area contributed by atoms with E-state index in [2.05, 4.69) is 27.9 Å². The van der Waals surface area contributed by atoms with Gasteiger partial charge in [-0.05, 0) is 88.3 Å². The SMILES string of the molecule is Cc1noc(C)c1-c1ccc2c(c1)nc([C@@H]1CCCC(=O)N1c1ccc(Cl)c(Cl)c1)n2[C@H]1CC[C@H](O)CC1. The molecule has 2 aromatic heterocycles. The Bertz CT molecular complexity index is 1500. The quantitative estimate of drug-likeness (QED) is 0.286. The number of carbonyl (C=O) groups is 1. The number of nitrogens with zero attached hydrogens (tertiary/aromatic N) is 4. The maximum Gasteiger partial charge on any atom is 0.227 e. The third-order valence-corrected chi connectivity index (χ3v) is 8.74. The molecule has 2 fully saturated rings. The second kappa shape index (κ2) is 10.0. The molecular weight excluding hydrogens is 523 g/mol. The van der Waals surface area contributed by atoms with Gasteiger partial charge in [-0.15, -0.1) is 0 Å². The smallest absolute Gasteiger partial charge is 0.227 e. The molecule has 0 spiro atoms. The standard InChI is InChI=1S/C29H30Cl2N4O3/c1-16-28(17(2)38-33-16)18-6-13-25-24(14-18)32-29(35(25)19-7-10-21(36)11-8-19)26-4-3-5-27(37)34(26)20-9-12-22(30)23(31)15-20/h6,9,12-15,19,21,26,36H,3-5,7-8,10-11H2,1-2H3/t19-,21-,26-/m0/s1. The lowest BCUT2D eigenvalue weighted by Gasteiger charge is -2.37. The molecule has 1 saturated carbocycles. The third kappa shape index (κ3) is 4.40. The van der Waals surface area contributed by atoms with Crippen molar-refractivity contribution < 1.29 is 14.4 Å². The van der Waals surface area contributed by atoms with Gasteiger partial charge in [0.15, 0.2) is 0 Å². The van der Waals surface area contributed by atoms with E-state index in [1.54, 1.807) is 12.1 Å². The Morgan fingerprint density at radius 3 is 2.50 bits per heavy atom. The van der Waals surface area contributed by atoms with Crippen LogP contribution in [0.2, 0.25) is 10.0 Å². The van der Waals surface area contributed by atoms with Crippen molar-refractivity contribution in [3.63, 3.8) is 0 Å². The van der Waals surface area contributed by atoms with Gasteiger partial charge in [0.25, 0.3) is 0 Å². The molecule has 2 aromatic carbocycles. The van der Waals surface area contributed by atoms with Crippen molar-refractivity contribution in [2.75, 3.05) is 4.90 Å². The number of halogens is 2. The van der Waals surface area contributed by atoms with Crippen molar-refractivity contribution in [3.8, 4) is 11.1 Å². The number of aromatic nitrogens is 3. The number of hydrogen-bond acceptors (Lipinski definition) is 5. The van der Waals surface area contributed by atoms with Gasteiger partial charge in [-0.3, -0.25) is 4.79 Å². The van der Waals surface area contributed by atoms with Crippen molar-refractivity contribution in [2.24, 2.45) is 0 Å². The number of carbonyl (C=O) groups excluding carboxylic acids is 1. The van der Waals surface area contributed by atoms with Crippen molar-refractivity contribution in [2.45, 2.75) is 77.0 Å². The number of hydrogen-bond donors (Lipinski definition) is 1. The number of anilines is 1. The van der Waals surface area contributed by atoms with E-state index >= 15 is 0 Å². The van der Waals surface area contributed by atoms with Gasteiger partial charge in [-0.2, -0.15) is 0 Å². The molecule has 1 N–H and O–H groups in total. The van der Waals surface area contributed by atoms with E-state index in [-0.39, 0.29) is 24.1 Å². The Morgan fingerprint density at radius 2 is 1.79 bits per heavy atom. The number of benzene rings is 2. The lowest BCUT2D eigenvalue weighted by Crippen LogP contribution is -2.40. The number of amides is 1. The van der Waals surface area contributed by atoms with Crippen LogP contribution in [0.3, 0.4) is 0 Å². The van der Waals surface area contributed by atoms with Gasteiger partial charge in [0.05, 0.1) is 38.9 Å². The van der Waals surface area contributed by atoms with Crippen LogP contribution in [0.5, 0.6) is 0 Å². The van der Waals surface area contributed by atoms with Gasteiger partial charge in [0.1, 0.15) is 11.6 Å². The number of fused-ring (bicyclic) bond motifs is 1. The fourth-order valence-corrected chi connectivity index (χ4v) is 6.47. The van der Waals surface area contributed by atoms with E-state index in [0.717, 1.165) is 83.7 Å². The maximum absolute atomic E-state index is 13.4. The monoisotopic (exact) mass is 552 g/mol. The molecule has 1 aliphatic carbocycles. The van der Waals surface area contributed by atoms with Crippen molar-refractivity contribution in [3.05, 3.63) is 63.7 Å². The Morgan fingerprint density at radius 1 is 1.00 bits per heavy atom. The van der Waals surface area contributed by atoms with E-state index in [0.29, 0.717) is 16.5 Å². The van der Waals surface area contributed by atoms with E-state index in [4.69, 9.17) is 32.7 Å². The summed E-state index contributed by atoms with van der Waals surface area (Å²) in [5.74, 6) is 1.69. The predicted molar refractivity (Wildman–Crippen MR) is 149 cm³/mol. The van der Waals surface area contributed by atoms with Crippen LogP contribution in [0.1, 0.15) is 74.3 Å². The second-order valence-corrected chi connectivity index (χ2v) is 11.3. The summed E-state index contributed by atoms with van der Waals surface area (Å²) in [6, 6.07) is 11.6. The molecule has 1 atom stereocenters. The number of imidazole rings is 1. The lowest BCUT2D eigenvalue weighted by atomic mass is 9.92. The van der Waals surface area contributed by atoms with Crippen molar-refractivity contribution in [1.29, 1.82) is 0 Å². The molecule has 3 heterocycles. The molecule has 6 rings (SSSR count). The highest BCUT2D eigenvalue weighted by Crippen LogP contribution is 2.42. The molecule has 198 valence electrons. The van der Waals surface area contributed by atoms with Crippen LogP contribution in [0, 0.1) is 13.8 Å². The van der Waals surface area contributed by atoms with Crippen LogP contribution in [0.25, 0.3) is 22.2 Å². The van der Waals surface area contributed by atoms with Gasteiger partial charge in [0, 0.05) is 23.7 Å². The average molecular weight is 553 g/mol. The van der Waals surface area contributed by atoms with Gasteiger partial charge in [0.2, 0.25) is 5.91 Å². The van der Waals surface area contributed by atoms with Crippen LogP contribution < -0.4 is 4.90 Å². The lowest BCUT2D eigenvalue weighted by molar-refractivity contribution is -0.120. The first-order chi connectivity index (χ1) is 18.3. The zero-order valence-corrected chi connectivity index (χ0v) is 23.0. The van der Waals surface area contributed by atoms with Crippen molar-refractivity contribution in [1.82, 2.24) is 14.7 Å². The molecule has 0 radical (unpaired) electrons. The summed E-state index contributed by atoms with van der Waals surface area (Å²) in [5, 5.41) is 15.2. The molecule has 1 saturated heterocycles. The minimum Gasteiger partial charge on any atom is -0.393 e. The largest absolute Gasteiger partial charge is 0.393 e. The minimum atomic E-state index is -0.264. The van der Waals surface area contributed by atoms with Gasteiger partial charge >= 0.3 is 0 Å². The van der Waals surface area contributed by atoms with Gasteiger partial charge in [-0.25, -0.2) is 4.98 Å². The number of aliphatic hydroxyl groups excluding tert-OH is 1. The summed E-state index contributed by atoms with van der Waals surface area (Å²) in [6.45, 7) is 3.86. The highest BCUT2D eigenvalue weighted by molar-refractivity contribution is 6.42. The highest BCUT2D eigenvalue weighted by Gasteiger charge is 2.36. The maximum atomic E-state index is 13.4. The molecule has 1 aliphatic heterocycles. The molecule has 7 nitrogen and oxygen atoms in total. The Hall–Kier alpha value is -2.87. The van der Waals surface area contributed by atoms with Gasteiger partial charge < -0.3 is 19.1 Å². The summed E-state index contributed by atoms with van der Waals surface area (Å²) in [6.07, 6.45) is 5.02. The first kappa shape index (κ1) is 25.4. The highest BCUT2D eigenvalue weighted by atomic mass is 35.5. The molecule has 1 amide bonds. The molecule has 0 bridgehead atoms. The first-order valence-electron chi connectivity index (χ1n) is 13.2. The number of piperidine rings is 1. The summed E-state index contributed by atoms with van der Waals surface area (Å²) in [4.78, 5) is 20.4. The molecule has 38 heavy (non-hydrogen) atoms. The van der Waals surface area contributed by atoms with E-state index < -0.39 is 0 Å². The molecule has 9 heteroatoms. The summed E-state index contributed by atoms with van der Waals surface area (Å²) in [5.41, 5.74) is 5.45. The summed E-state index contributed by atoms with van der Waals surface area (Å²) < 4.78 is 7.75. The summed E-state index contributed by atoms with van der Waals surface area (Å²) >= 11 is 12.6. The first-order valence-corrected chi connectivity index (χ1v) is 14.0. The minimum absolute atomic E-state index is 0.0497. The molecular formula is C29H30Cl2N4O3. The fourth-order valence-electron chi connectivity index (χ4n) is 6.18. The Balaban J connectivity index is 1.51. The number of aliphatic hydroxyl groups is 1. The zero-order chi connectivity index (χ0) is 26.6. The summed E-state index contributed by atoms with van der Waals surface area (Å²) in [7, 11) is 0. The topological polar surface area (TPSA) is 84.4 Å². The van der Waals surface area contributed by atoms with Crippen LogP contribution in [0.15, 0.2) is 40.9 Å². The Kier molecular flexibility index (Phi) is 6.70. The second-order valence-electron chi connectivity index (χ2n) is 10.5. The number of rotatable bonds is 4. The van der Waals surface area contributed by atoms with Crippen molar-refractivity contribution >= 4 is 45.8 Å². The normalized spacial score (nSPS) is 22.4.